The standard InChI is InChI=1S/C57H35N5O/c1-2-16-44(17-3-1)62-50-21-6-7-22-52(50)63-56-51(62)24-23-47-53(56)45-18-4-5-19-46(45)57(47)48-20-11-27-60-54(48)55-49(57)32-43(35-61-55)37-13-8-12-36(28-37)40-29-41(38-14-9-25-58-33-38)31-42(30-40)39-15-10-26-59-34-39/h1-35H. The quantitative estimate of drug-likeness (QED) is 0.173. The Kier molecular flexibility index (Phi) is 7.72. The van der Waals surface area contributed by atoms with Gasteiger partial charge in [-0.1, -0.05) is 97.1 Å². The van der Waals surface area contributed by atoms with E-state index in [0.717, 1.165) is 112 Å². The van der Waals surface area contributed by atoms with Gasteiger partial charge in [0.05, 0.1) is 28.2 Å². The first kappa shape index (κ1) is 35.3. The van der Waals surface area contributed by atoms with Crippen LogP contribution in [0, 0.1) is 0 Å². The lowest BCUT2D eigenvalue weighted by atomic mass is 9.70. The summed E-state index contributed by atoms with van der Waals surface area (Å²) in [7, 11) is 0. The fourth-order valence-corrected chi connectivity index (χ4v) is 10.2. The molecule has 0 amide bonds. The average Bonchev–Trinajstić information content (AvgIpc) is 3.83. The number of hydrogen-bond donors (Lipinski definition) is 0. The number of benzene rings is 6. The van der Waals surface area contributed by atoms with E-state index in [0.29, 0.717) is 0 Å². The summed E-state index contributed by atoms with van der Waals surface area (Å²) in [5, 5.41) is 0. The van der Waals surface area contributed by atoms with E-state index in [1.807, 2.05) is 55.4 Å². The molecule has 0 bridgehead atoms. The summed E-state index contributed by atoms with van der Waals surface area (Å²) < 4.78 is 7.05. The molecule has 5 heterocycles. The number of para-hydroxylation sites is 3. The van der Waals surface area contributed by atoms with Gasteiger partial charge in [0.15, 0.2) is 11.5 Å². The van der Waals surface area contributed by atoms with Crippen molar-refractivity contribution in [2.45, 2.75) is 5.41 Å². The van der Waals surface area contributed by atoms with Crippen molar-refractivity contribution in [2.24, 2.45) is 0 Å². The summed E-state index contributed by atoms with van der Waals surface area (Å²) >= 11 is 0. The molecule has 0 fully saturated rings. The Bertz CT molecular complexity index is 3390. The van der Waals surface area contributed by atoms with Gasteiger partial charge in [-0.2, -0.15) is 0 Å². The molecular weight excluding hydrogens is 771 g/mol. The van der Waals surface area contributed by atoms with Gasteiger partial charge in [-0.15, -0.1) is 0 Å². The Morgan fingerprint density at radius 2 is 1.03 bits per heavy atom. The molecule has 0 N–H and O–H groups in total. The first-order valence-electron chi connectivity index (χ1n) is 21.2. The average molecular weight is 806 g/mol. The minimum absolute atomic E-state index is 0.685. The van der Waals surface area contributed by atoms with E-state index >= 15 is 0 Å². The SMILES string of the molecule is c1ccc(N2c3ccccc3Oc3c2ccc2c3-c3ccccc3C23c2cccnc2-c2ncc(-c4cccc(-c5cc(-c6cccnc6)cc(-c6cccnc6)c5)c4)cc23)cc1. The molecule has 6 heteroatoms. The number of hydrogen-bond acceptors (Lipinski definition) is 6. The number of pyridine rings is 4. The summed E-state index contributed by atoms with van der Waals surface area (Å²) in [5.74, 6) is 1.66. The first-order chi connectivity index (χ1) is 31.2. The molecule has 3 aliphatic rings. The Balaban J connectivity index is 1.00. The maximum atomic E-state index is 7.05. The third-order valence-electron chi connectivity index (χ3n) is 12.9. The highest BCUT2D eigenvalue weighted by molar-refractivity contribution is 6.00. The second-order valence-electron chi connectivity index (χ2n) is 16.3. The molecule has 0 radical (unpaired) electrons. The van der Waals surface area contributed by atoms with Gasteiger partial charge in [-0.3, -0.25) is 19.9 Å². The molecule has 10 aromatic rings. The molecule has 6 nitrogen and oxygen atoms in total. The van der Waals surface area contributed by atoms with Crippen LogP contribution in [0.1, 0.15) is 22.3 Å². The number of rotatable bonds is 5. The van der Waals surface area contributed by atoms with Gasteiger partial charge in [0.25, 0.3) is 0 Å². The number of anilines is 3. The number of fused-ring (bicyclic) bond motifs is 13. The fraction of sp³-hybridized carbons (Fsp3) is 0.0175. The maximum absolute atomic E-state index is 7.05. The topological polar surface area (TPSA) is 64.0 Å². The van der Waals surface area contributed by atoms with E-state index in [1.165, 1.54) is 5.56 Å². The van der Waals surface area contributed by atoms with Gasteiger partial charge in [-0.05, 0) is 129 Å². The lowest BCUT2D eigenvalue weighted by Crippen LogP contribution is -2.26. The predicted molar refractivity (Wildman–Crippen MR) is 250 cm³/mol. The monoisotopic (exact) mass is 805 g/mol. The summed E-state index contributed by atoms with van der Waals surface area (Å²) in [6.45, 7) is 0. The zero-order valence-corrected chi connectivity index (χ0v) is 33.9. The van der Waals surface area contributed by atoms with Gasteiger partial charge >= 0.3 is 0 Å². The van der Waals surface area contributed by atoms with Gasteiger partial charge in [0.1, 0.15) is 0 Å². The highest BCUT2D eigenvalue weighted by atomic mass is 16.5. The van der Waals surface area contributed by atoms with E-state index < -0.39 is 5.41 Å². The van der Waals surface area contributed by atoms with Crippen molar-refractivity contribution in [2.75, 3.05) is 4.90 Å². The highest BCUT2D eigenvalue weighted by Crippen LogP contribution is 2.66. The number of ether oxygens (including phenoxy) is 1. The molecule has 0 saturated carbocycles. The molecule has 1 atom stereocenters. The molecule has 6 aromatic carbocycles. The van der Waals surface area contributed by atoms with Gasteiger partial charge < -0.3 is 9.64 Å². The van der Waals surface area contributed by atoms with Crippen molar-refractivity contribution in [3.63, 3.8) is 0 Å². The lowest BCUT2D eigenvalue weighted by Gasteiger charge is -2.35. The van der Waals surface area contributed by atoms with E-state index in [1.54, 1.807) is 0 Å². The van der Waals surface area contributed by atoms with E-state index in [-0.39, 0.29) is 0 Å². The Hall–Kier alpha value is -8.48. The smallest absolute Gasteiger partial charge is 0.159 e. The third-order valence-corrected chi connectivity index (χ3v) is 12.9. The molecule has 1 spiro atoms. The summed E-state index contributed by atoms with van der Waals surface area (Å²) in [6.07, 6.45) is 11.3. The molecular formula is C57H35N5O. The lowest BCUT2D eigenvalue weighted by molar-refractivity contribution is 0.478. The minimum Gasteiger partial charge on any atom is -0.452 e. The van der Waals surface area contributed by atoms with E-state index in [9.17, 15) is 0 Å². The van der Waals surface area contributed by atoms with Crippen LogP contribution in [0.15, 0.2) is 213 Å². The highest BCUT2D eigenvalue weighted by Gasteiger charge is 2.54. The van der Waals surface area contributed by atoms with Gasteiger partial charge in [0, 0.05) is 70.7 Å². The van der Waals surface area contributed by atoms with E-state index in [4.69, 9.17) is 14.7 Å². The molecule has 1 unspecified atom stereocenters. The van der Waals surface area contributed by atoms with Crippen LogP contribution in [0.4, 0.5) is 17.1 Å². The fourth-order valence-electron chi connectivity index (χ4n) is 10.2. The van der Waals surface area contributed by atoms with Crippen LogP contribution in [0.25, 0.3) is 67.0 Å². The van der Waals surface area contributed by atoms with Crippen molar-refractivity contribution < 1.29 is 4.74 Å². The molecule has 0 saturated heterocycles. The molecule has 63 heavy (non-hydrogen) atoms. The van der Waals surface area contributed by atoms with Gasteiger partial charge in [0.2, 0.25) is 0 Å². The van der Waals surface area contributed by atoms with Crippen molar-refractivity contribution in [1.29, 1.82) is 0 Å². The minimum atomic E-state index is -0.685. The van der Waals surface area contributed by atoms with Crippen LogP contribution in [0.3, 0.4) is 0 Å². The number of nitrogens with zero attached hydrogens (tertiary/aromatic N) is 5. The molecule has 4 aromatic heterocycles. The largest absolute Gasteiger partial charge is 0.452 e. The Morgan fingerprint density at radius 3 is 1.81 bits per heavy atom. The summed E-state index contributed by atoms with van der Waals surface area (Å²) in [4.78, 5) is 21.5. The van der Waals surface area contributed by atoms with Crippen molar-refractivity contribution >= 4 is 17.1 Å². The first-order valence-corrected chi connectivity index (χ1v) is 21.2. The second-order valence-corrected chi connectivity index (χ2v) is 16.3. The van der Waals surface area contributed by atoms with Crippen LogP contribution in [-0.4, -0.2) is 19.9 Å². The van der Waals surface area contributed by atoms with Crippen molar-refractivity contribution in [3.8, 4) is 78.5 Å². The molecule has 2 aliphatic carbocycles. The van der Waals surface area contributed by atoms with Crippen LogP contribution in [0.5, 0.6) is 11.5 Å². The summed E-state index contributed by atoms with van der Waals surface area (Å²) in [6, 6.07) is 62.5. The normalized spacial score (nSPS) is 14.8. The van der Waals surface area contributed by atoms with Crippen LogP contribution < -0.4 is 9.64 Å². The van der Waals surface area contributed by atoms with Crippen LogP contribution in [-0.2, 0) is 5.41 Å². The van der Waals surface area contributed by atoms with Gasteiger partial charge in [-0.25, -0.2) is 0 Å². The Labute approximate surface area is 364 Å². The van der Waals surface area contributed by atoms with E-state index in [2.05, 4.69) is 173 Å². The molecule has 1 aliphatic heterocycles. The van der Waals surface area contributed by atoms with Crippen molar-refractivity contribution in [1.82, 2.24) is 19.9 Å². The zero-order valence-electron chi connectivity index (χ0n) is 33.9. The second kappa shape index (κ2) is 13.8. The molecule has 13 rings (SSSR count). The zero-order chi connectivity index (χ0) is 41.5. The van der Waals surface area contributed by atoms with Crippen molar-refractivity contribution in [3.05, 3.63) is 235 Å². The Morgan fingerprint density at radius 1 is 0.397 bits per heavy atom. The number of aromatic nitrogens is 4. The third kappa shape index (κ3) is 5.25. The predicted octanol–water partition coefficient (Wildman–Crippen LogP) is 13.9. The van der Waals surface area contributed by atoms with Crippen LogP contribution in [0.2, 0.25) is 0 Å². The molecule has 294 valence electrons. The van der Waals surface area contributed by atoms with Crippen LogP contribution >= 0.6 is 0 Å². The summed E-state index contributed by atoms with van der Waals surface area (Å²) in [5.41, 5.74) is 19.6. The maximum Gasteiger partial charge on any atom is 0.159 e.